The van der Waals surface area contributed by atoms with Crippen LogP contribution >= 0.6 is 15.9 Å². The van der Waals surface area contributed by atoms with Crippen LogP contribution in [-0.4, -0.2) is 57.9 Å². The van der Waals surface area contributed by atoms with Gasteiger partial charge in [0.05, 0.1) is 11.1 Å². The molecule has 8 nitrogen and oxygen atoms in total. The Hall–Kier alpha value is -2.55. The molecule has 0 radical (unpaired) electrons. The van der Waals surface area contributed by atoms with Crippen molar-refractivity contribution in [1.29, 1.82) is 0 Å². The molecule has 1 N–H and O–H groups in total. The summed E-state index contributed by atoms with van der Waals surface area (Å²) in [5.74, 6) is -0.313. The van der Waals surface area contributed by atoms with E-state index in [0.29, 0.717) is 36.0 Å². The van der Waals surface area contributed by atoms with Gasteiger partial charge in [0.2, 0.25) is 0 Å². The number of amides is 2. The number of hydrogen-bond donors (Lipinski definition) is 1. The monoisotopic (exact) mass is 507 g/mol. The molecule has 0 aliphatic carbocycles. The SMILES string of the molecule is CC(C)(C)OC(=O)N1CCC(NC(=O)c2cn(C(=O)OC(C)(C)C)c3ccc(Br)cc23)C1. The number of carbonyl (C=O) groups is 3. The van der Waals surface area contributed by atoms with Gasteiger partial charge in [0.15, 0.2) is 0 Å². The van der Waals surface area contributed by atoms with Gasteiger partial charge in [0, 0.05) is 35.2 Å². The highest BCUT2D eigenvalue weighted by Crippen LogP contribution is 2.27. The molecule has 0 spiro atoms. The summed E-state index contributed by atoms with van der Waals surface area (Å²) in [6.45, 7) is 11.7. The zero-order valence-electron chi connectivity index (χ0n) is 19.3. The van der Waals surface area contributed by atoms with Gasteiger partial charge in [-0.05, 0) is 66.2 Å². The molecule has 1 aliphatic rings. The number of aromatic nitrogens is 1. The summed E-state index contributed by atoms with van der Waals surface area (Å²) in [4.78, 5) is 39.7. The van der Waals surface area contributed by atoms with Crippen LogP contribution in [0.4, 0.5) is 9.59 Å². The number of fused-ring (bicyclic) bond motifs is 1. The molecular formula is C23H30BrN3O5. The van der Waals surface area contributed by atoms with Crippen LogP contribution in [0.3, 0.4) is 0 Å². The Kier molecular flexibility index (Phi) is 6.60. The van der Waals surface area contributed by atoms with Gasteiger partial charge >= 0.3 is 12.2 Å². The lowest BCUT2D eigenvalue weighted by Crippen LogP contribution is -2.40. The molecule has 2 amide bonds. The summed E-state index contributed by atoms with van der Waals surface area (Å²) in [5, 5.41) is 3.62. The lowest BCUT2D eigenvalue weighted by molar-refractivity contribution is 0.0289. The maximum absolute atomic E-state index is 13.1. The molecule has 0 bridgehead atoms. The van der Waals surface area contributed by atoms with Gasteiger partial charge in [-0.15, -0.1) is 0 Å². The molecule has 174 valence electrons. The van der Waals surface area contributed by atoms with Crippen LogP contribution in [0.15, 0.2) is 28.9 Å². The first-order valence-electron chi connectivity index (χ1n) is 10.6. The van der Waals surface area contributed by atoms with Crippen LogP contribution in [-0.2, 0) is 9.47 Å². The molecular weight excluding hydrogens is 478 g/mol. The number of benzene rings is 1. The minimum absolute atomic E-state index is 0.206. The molecule has 3 rings (SSSR count). The Morgan fingerprint density at radius 1 is 1.03 bits per heavy atom. The highest BCUT2D eigenvalue weighted by Gasteiger charge is 2.31. The van der Waals surface area contributed by atoms with Crippen LogP contribution in [0.1, 0.15) is 58.3 Å². The summed E-state index contributed by atoms with van der Waals surface area (Å²) >= 11 is 3.43. The summed E-state index contributed by atoms with van der Waals surface area (Å²) in [6, 6.07) is 5.16. The van der Waals surface area contributed by atoms with Crippen molar-refractivity contribution in [3.8, 4) is 0 Å². The van der Waals surface area contributed by atoms with E-state index < -0.39 is 17.3 Å². The molecule has 1 saturated heterocycles. The maximum atomic E-state index is 13.1. The second-order valence-corrected chi connectivity index (χ2v) is 10.9. The van der Waals surface area contributed by atoms with E-state index >= 15 is 0 Å². The number of likely N-dealkylation sites (tertiary alicyclic amines) is 1. The fraction of sp³-hybridized carbons (Fsp3) is 0.522. The predicted octanol–water partition coefficient (Wildman–Crippen LogP) is 4.93. The Balaban J connectivity index is 1.79. The van der Waals surface area contributed by atoms with Gasteiger partial charge < -0.3 is 19.7 Å². The first kappa shape index (κ1) is 24.1. The number of nitrogens with zero attached hydrogens (tertiary/aromatic N) is 2. The molecule has 2 aromatic rings. The van der Waals surface area contributed by atoms with Crippen molar-refractivity contribution in [2.45, 2.75) is 65.2 Å². The van der Waals surface area contributed by atoms with E-state index in [9.17, 15) is 14.4 Å². The molecule has 1 atom stereocenters. The molecule has 9 heteroatoms. The average Bonchev–Trinajstić information content (AvgIpc) is 3.23. The number of ether oxygens (including phenoxy) is 2. The predicted molar refractivity (Wildman–Crippen MR) is 125 cm³/mol. The molecule has 1 fully saturated rings. The second kappa shape index (κ2) is 8.77. The Morgan fingerprint density at radius 3 is 2.28 bits per heavy atom. The third-order valence-corrected chi connectivity index (χ3v) is 5.27. The molecule has 32 heavy (non-hydrogen) atoms. The Bertz CT molecular complexity index is 1050. The van der Waals surface area contributed by atoms with Crippen LogP contribution in [0.5, 0.6) is 0 Å². The fourth-order valence-electron chi connectivity index (χ4n) is 3.48. The van der Waals surface area contributed by atoms with E-state index in [0.717, 1.165) is 4.47 Å². The third kappa shape index (κ3) is 5.82. The molecule has 1 aliphatic heterocycles. The average molecular weight is 508 g/mol. The lowest BCUT2D eigenvalue weighted by atomic mass is 10.1. The van der Waals surface area contributed by atoms with E-state index in [2.05, 4.69) is 21.2 Å². The Morgan fingerprint density at radius 2 is 1.66 bits per heavy atom. The molecule has 1 aromatic carbocycles. The molecule has 0 saturated carbocycles. The van der Waals surface area contributed by atoms with Crippen LogP contribution < -0.4 is 5.32 Å². The van der Waals surface area contributed by atoms with Gasteiger partial charge in [-0.3, -0.25) is 9.36 Å². The van der Waals surface area contributed by atoms with Gasteiger partial charge in [-0.2, -0.15) is 0 Å². The smallest absolute Gasteiger partial charge is 0.419 e. The number of carbonyl (C=O) groups excluding carboxylic acids is 3. The van der Waals surface area contributed by atoms with Gasteiger partial charge in [-0.1, -0.05) is 15.9 Å². The zero-order valence-corrected chi connectivity index (χ0v) is 20.9. The summed E-state index contributed by atoms with van der Waals surface area (Å²) < 4.78 is 13.0. The normalized spacial score (nSPS) is 16.8. The Labute approximate surface area is 196 Å². The van der Waals surface area contributed by atoms with E-state index in [4.69, 9.17) is 9.47 Å². The number of rotatable bonds is 2. The summed E-state index contributed by atoms with van der Waals surface area (Å²) in [6.07, 6.45) is 1.18. The van der Waals surface area contributed by atoms with Gasteiger partial charge in [-0.25, -0.2) is 9.59 Å². The van der Waals surface area contributed by atoms with Crippen molar-refractivity contribution in [2.75, 3.05) is 13.1 Å². The number of nitrogens with one attached hydrogen (secondary N) is 1. The first-order chi connectivity index (χ1) is 14.7. The minimum Gasteiger partial charge on any atom is -0.444 e. The van der Waals surface area contributed by atoms with Gasteiger partial charge in [0.25, 0.3) is 5.91 Å². The topological polar surface area (TPSA) is 89.9 Å². The maximum Gasteiger partial charge on any atom is 0.419 e. The van der Waals surface area contributed by atoms with Crippen molar-refractivity contribution in [3.63, 3.8) is 0 Å². The summed E-state index contributed by atoms with van der Waals surface area (Å²) in [7, 11) is 0. The largest absolute Gasteiger partial charge is 0.444 e. The highest BCUT2D eigenvalue weighted by molar-refractivity contribution is 9.10. The van der Waals surface area contributed by atoms with Crippen molar-refractivity contribution in [1.82, 2.24) is 14.8 Å². The van der Waals surface area contributed by atoms with E-state index in [-0.39, 0.29) is 18.0 Å². The van der Waals surface area contributed by atoms with Crippen LogP contribution in [0, 0.1) is 0 Å². The molecule has 1 unspecified atom stereocenters. The first-order valence-corrected chi connectivity index (χ1v) is 11.4. The van der Waals surface area contributed by atoms with Crippen LogP contribution in [0.25, 0.3) is 10.9 Å². The van der Waals surface area contributed by atoms with Crippen molar-refractivity contribution < 1.29 is 23.9 Å². The third-order valence-electron chi connectivity index (χ3n) is 4.78. The van der Waals surface area contributed by atoms with Crippen molar-refractivity contribution in [3.05, 3.63) is 34.4 Å². The zero-order chi connectivity index (χ0) is 23.8. The van der Waals surface area contributed by atoms with Gasteiger partial charge in [0.1, 0.15) is 11.2 Å². The quantitative estimate of drug-likeness (QED) is 0.622. The van der Waals surface area contributed by atoms with E-state index in [1.54, 1.807) is 43.9 Å². The number of hydrogen-bond acceptors (Lipinski definition) is 5. The molecule has 1 aromatic heterocycles. The number of halogens is 1. The minimum atomic E-state index is -0.666. The summed E-state index contributed by atoms with van der Waals surface area (Å²) in [5.41, 5.74) is -0.298. The molecule has 2 heterocycles. The van der Waals surface area contributed by atoms with Crippen LogP contribution in [0.2, 0.25) is 0 Å². The second-order valence-electron chi connectivity index (χ2n) is 9.94. The van der Waals surface area contributed by atoms with E-state index in [1.807, 2.05) is 20.8 Å². The van der Waals surface area contributed by atoms with Crippen molar-refractivity contribution in [2.24, 2.45) is 0 Å². The highest BCUT2D eigenvalue weighted by atomic mass is 79.9. The van der Waals surface area contributed by atoms with E-state index in [1.165, 1.54) is 10.8 Å². The lowest BCUT2D eigenvalue weighted by Gasteiger charge is -2.24. The fourth-order valence-corrected chi connectivity index (χ4v) is 3.84. The van der Waals surface area contributed by atoms with Crippen molar-refractivity contribution >= 4 is 44.9 Å². The standard InChI is InChI=1S/C23H30BrN3O5/c1-22(2,3)31-20(29)26-10-9-15(12-26)25-19(28)17-13-27(21(30)32-23(4,5)6)18-8-7-14(24)11-16(17)18/h7-8,11,13,15H,9-10,12H2,1-6H3,(H,25,28).